The molecular formula is C27H26N2O5. The Kier molecular flexibility index (Phi) is 4.16. The molecule has 2 aliphatic heterocycles. The SMILES string of the molecule is COc1ccc2c(c1)[C@H]1c3c(c4ccc(N(C)C)cc4oc3=O)O[C@@](c3ccco3)(N2)C1(C)C. The van der Waals surface area contributed by atoms with Crippen molar-refractivity contribution in [3.63, 3.8) is 0 Å². The van der Waals surface area contributed by atoms with Crippen molar-refractivity contribution in [3.05, 3.63) is 82.1 Å². The highest BCUT2D eigenvalue weighted by molar-refractivity contribution is 5.88. The Morgan fingerprint density at radius 2 is 1.91 bits per heavy atom. The van der Waals surface area contributed by atoms with Crippen molar-refractivity contribution in [2.45, 2.75) is 25.5 Å². The summed E-state index contributed by atoms with van der Waals surface area (Å²) in [4.78, 5) is 15.5. The summed E-state index contributed by atoms with van der Waals surface area (Å²) in [6.07, 6.45) is 1.64. The zero-order valence-corrected chi connectivity index (χ0v) is 19.8. The van der Waals surface area contributed by atoms with Gasteiger partial charge in [0.1, 0.15) is 17.1 Å². The molecule has 0 fully saturated rings. The van der Waals surface area contributed by atoms with Crippen molar-refractivity contribution in [1.82, 2.24) is 0 Å². The van der Waals surface area contributed by atoms with Crippen LogP contribution in [0.15, 0.2) is 68.4 Å². The van der Waals surface area contributed by atoms with Gasteiger partial charge in [-0.1, -0.05) is 13.8 Å². The maximum Gasteiger partial charge on any atom is 0.343 e. The van der Waals surface area contributed by atoms with Crippen LogP contribution >= 0.6 is 0 Å². The maximum atomic E-state index is 13.6. The highest BCUT2D eigenvalue weighted by Gasteiger charge is 2.63. The fraction of sp³-hybridized carbons (Fsp3) is 0.296. The molecule has 1 N–H and O–H groups in total. The third-order valence-corrected chi connectivity index (χ3v) is 7.31. The molecule has 7 heteroatoms. The first-order valence-electron chi connectivity index (χ1n) is 11.2. The quantitative estimate of drug-likeness (QED) is 0.418. The van der Waals surface area contributed by atoms with Gasteiger partial charge in [-0.05, 0) is 48.0 Å². The van der Waals surface area contributed by atoms with E-state index < -0.39 is 16.8 Å². The zero-order chi connectivity index (χ0) is 23.8. The first kappa shape index (κ1) is 20.7. The van der Waals surface area contributed by atoms with Gasteiger partial charge in [0, 0.05) is 42.9 Å². The number of hydrogen-bond acceptors (Lipinski definition) is 7. The van der Waals surface area contributed by atoms with Gasteiger partial charge in [0.2, 0.25) is 5.72 Å². The molecule has 0 saturated heterocycles. The second-order valence-corrected chi connectivity index (χ2v) is 9.70. The summed E-state index contributed by atoms with van der Waals surface area (Å²) in [5.74, 6) is 1.54. The summed E-state index contributed by atoms with van der Waals surface area (Å²) in [6, 6.07) is 15.4. The van der Waals surface area contributed by atoms with Crippen LogP contribution in [-0.4, -0.2) is 21.2 Å². The number of nitrogens with zero attached hydrogens (tertiary/aromatic N) is 1. The first-order chi connectivity index (χ1) is 16.3. The summed E-state index contributed by atoms with van der Waals surface area (Å²) >= 11 is 0. The highest BCUT2D eigenvalue weighted by Crippen LogP contribution is 2.63. The number of benzene rings is 2. The van der Waals surface area contributed by atoms with Crippen molar-refractivity contribution in [2.75, 3.05) is 31.4 Å². The number of furan rings is 1. The normalized spacial score (nSPS) is 21.7. The van der Waals surface area contributed by atoms with Crippen molar-refractivity contribution in [3.8, 4) is 11.5 Å². The van der Waals surface area contributed by atoms with E-state index in [0.717, 1.165) is 28.1 Å². The Bertz CT molecular complexity index is 1490. The minimum absolute atomic E-state index is 0.332. The van der Waals surface area contributed by atoms with Gasteiger partial charge in [0.15, 0.2) is 5.76 Å². The molecular weight excluding hydrogens is 432 g/mol. The molecule has 4 heterocycles. The number of hydrogen-bond donors (Lipinski definition) is 1. The molecule has 0 amide bonds. The number of ether oxygens (including phenoxy) is 2. The smallest absolute Gasteiger partial charge is 0.343 e. The van der Waals surface area contributed by atoms with E-state index in [9.17, 15) is 4.79 Å². The average Bonchev–Trinajstić information content (AvgIpc) is 3.34. The van der Waals surface area contributed by atoms with E-state index in [4.69, 9.17) is 18.3 Å². The van der Waals surface area contributed by atoms with E-state index in [-0.39, 0.29) is 5.92 Å². The maximum absolute atomic E-state index is 13.6. The molecule has 2 aromatic carbocycles. The van der Waals surface area contributed by atoms with Gasteiger partial charge in [0.25, 0.3) is 0 Å². The lowest BCUT2D eigenvalue weighted by Gasteiger charge is -2.56. The topological polar surface area (TPSA) is 77.1 Å². The second-order valence-electron chi connectivity index (χ2n) is 9.70. The van der Waals surface area contributed by atoms with Gasteiger partial charge in [0.05, 0.1) is 24.3 Å². The lowest BCUT2D eigenvalue weighted by Crippen LogP contribution is -2.61. The molecule has 6 rings (SSSR count). The van der Waals surface area contributed by atoms with Gasteiger partial charge in [-0.2, -0.15) is 0 Å². The number of nitrogens with one attached hydrogen (secondary N) is 1. The summed E-state index contributed by atoms with van der Waals surface area (Å²) in [5, 5.41) is 4.37. The van der Waals surface area contributed by atoms with E-state index in [2.05, 4.69) is 19.2 Å². The van der Waals surface area contributed by atoms with Gasteiger partial charge >= 0.3 is 5.63 Å². The Morgan fingerprint density at radius 1 is 1.09 bits per heavy atom. The second kappa shape index (κ2) is 6.82. The van der Waals surface area contributed by atoms with Crippen molar-refractivity contribution in [1.29, 1.82) is 0 Å². The summed E-state index contributed by atoms with van der Waals surface area (Å²) in [6.45, 7) is 4.16. The Hall–Kier alpha value is -3.87. The first-order valence-corrected chi connectivity index (χ1v) is 11.2. The van der Waals surface area contributed by atoms with Crippen LogP contribution in [0.25, 0.3) is 11.0 Å². The van der Waals surface area contributed by atoms with Crippen LogP contribution in [0.3, 0.4) is 0 Å². The monoisotopic (exact) mass is 458 g/mol. The van der Waals surface area contributed by atoms with E-state index >= 15 is 0 Å². The highest BCUT2D eigenvalue weighted by atomic mass is 16.5. The van der Waals surface area contributed by atoms with Crippen LogP contribution in [0.4, 0.5) is 11.4 Å². The van der Waals surface area contributed by atoms with Crippen molar-refractivity contribution >= 4 is 22.3 Å². The molecule has 34 heavy (non-hydrogen) atoms. The van der Waals surface area contributed by atoms with Gasteiger partial charge in [-0.15, -0.1) is 0 Å². The van der Waals surface area contributed by atoms with Crippen LogP contribution in [0, 0.1) is 5.41 Å². The molecule has 0 radical (unpaired) electrons. The summed E-state index contributed by atoms with van der Waals surface area (Å²) in [7, 11) is 5.53. The lowest BCUT2D eigenvalue weighted by atomic mass is 9.60. The van der Waals surface area contributed by atoms with Gasteiger partial charge < -0.3 is 28.5 Å². The molecule has 2 bridgehead atoms. The number of rotatable bonds is 3. The summed E-state index contributed by atoms with van der Waals surface area (Å²) in [5.41, 5.74) is 1.66. The predicted octanol–water partition coefficient (Wildman–Crippen LogP) is 5.29. The minimum Gasteiger partial charge on any atom is -0.497 e. The van der Waals surface area contributed by atoms with Crippen LogP contribution in [0.1, 0.15) is 36.7 Å². The molecule has 2 aromatic heterocycles. The molecule has 4 aromatic rings. The van der Waals surface area contributed by atoms with E-state index in [1.807, 2.05) is 67.5 Å². The molecule has 2 atom stereocenters. The predicted molar refractivity (Wildman–Crippen MR) is 130 cm³/mol. The van der Waals surface area contributed by atoms with Crippen molar-refractivity contribution in [2.24, 2.45) is 5.41 Å². The fourth-order valence-corrected chi connectivity index (χ4v) is 5.51. The number of anilines is 2. The van der Waals surface area contributed by atoms with Crippen LogP contribution in [0.5, 0.6) is 11.5 Å². The largest absolute Gasteiger partial charge is 0.497 e. The molecule has 0 unspecified atom stereocenters. The Morgan fingerprint density at radius 3 is 2.62 bits per heavy atom. The van der Waals surface area contributed by atoms with E-state index in [1.54, 1.807) is 13.4 Å². The number of methoxy groups -OCH3 is 1. The van der Waals surface area contributed by atoms with E-state index in [0.29, 0.717) is 22.7 Å². The molecule has 0 spiro atoms. The van der Waals surface area contributed by atoms with Gasteiger partial charge in [-0.25, -0.2) is 4.79 Å². The lowest BCUT2D eigenvalue weighted by molar-refractivity contribution is -0.0717. The minimum atomic E-state index is -1.04. The molecule has 2 aliphatic rings. The van der Waals surface area contributed by atoms with Crippen LogP contribution < -0.4 is 25.3 Å². The van der Waals surface area contributed by atoms with Crippen LogP contribution in [-0.2, 0) is 5.72 Å². The third-order valence-electron chi connectivity index (χ3n) is 7.31. The van der Waals surface area contributed by atoms with Gasteiger partial charge in [-0.3, -0.25) is 0 Å². The average molecular weight is 459 g/mol. The third kappa shape index (κ3) is 2.55. The Balaban J connectivity index is 1.72. The molecule has 0 saturated carbocycles. The zero-order valence-electron chi connectivity index (χ0n) is 19.8. The molecule has 174 valence electrons. The van der Waals surface area contributed by atoms with E-state index in [1.165, 1.54) is 0 Å². The number of fused-ring (bicyclic) bond motifs is 8. The van der Waals surface area contributed by atoms with Crippen LogP contribution in [0.2, 0.25) is 0 Å². The fourth-order valence-electron chi connectivity index (χ4n) is 5.51. The standard InChI is InChI=1S/C27H26N2O5/c1-26(2)23-18-14-16(31-5)9-11-19(18)28-27(26,21-7-6-12-32-21)34-24-17-10-8-15(29(3)4)13-20(17)33-25(30)22(23)24/h6-14,23,28H,1-5H3/t23-,27+/m0/s1. The summed E-state index contributed by atoms with van der Waals surface area (Å²) < 4.78 is 24.2. The van der Waals surface area contributed by atoms with Crippen molar-refractivity contribution < 1.29 is 18.3 Å². The Labute approximate surface area is 196 Å². The molecule has 0 aliphatic carbocycles. The molecule has 7 nitrogen and oxygen atoms in total.